The van der Waals surface area contributed by atoms with Gasteiger partial charge in [-0.25, -0.2) is 4.39 Å². The molecule has 2 nitrogen and oxygen atoms in total. The van der Waals surface area contributed by atoms with Crippen LogP contribution in [0.5, 0.6) is 11.5 Å². The second kappa shape index (κ2) is 5.77. The number of halogens is 1. The average Bonchev–Trinajstić information content (AvgIpc) is 2.37. The van der Waals surface area contributed by atoms with E-state index in [-0.39, 0.29) is 5.82 Å². The topological polar surface area (TPSA) is 29.5 Å². The molecule has 0 aliphatic carbocycles. The lowest BCUT2D eigenvalue weighted by molar-refractivity contribution is 0.143. The molecular formula is C17H15FO2. The van der Waals surface area contributed by atoms with Crippen molar-refractivity contribution in [1.82, 2.24) is 0 Å². The summed E-state index contributed by atoms with van der Waals surface area (Å²) in [6.45, 7) is 3.25. The first-order chi connectivity index (χ1) is 9.42. The van der Waals surface area contributed by atoms with Gasteiger partial charge in [0.25, 0.3) is 0 Å². The molecule has 0 aromatic heterocycles. The highest BCUT2D eigenvalue weighted by molar-refractivity contribution is 5.40. The Balaban J connectivity index is 2.10. The third-order valence-corrected chi connectivity index (χ3v) is 2.40. The van der Waals surface area contributed by atoms with E-state index in [1.54, 1.807) is 50.2 Å². The maximum atomic E-state index is 13.0. The molecule has 3 heteroatoms. The van der Waals surface area contributed by atoms with E-state index in [1.807, 2.05) is 0 Å². The van der Waals surface area contributed by atoms with Gasteiger partial charge in [-0.1, -0.05) is 17.9 Å². The summed E-state index contributed by atoms with van der Waals surface area (Å²) in [5, 5.41) is 9.52. The van der Waals surface area contributed by atoms with E-state index in [9.17, 15) is 9.50 Å². The van der Waals surface area contributed by atoms with Crippen molar-refractivity contribution in [1.29, 1.82) is 0 Å². The summed E-state index contributed by atoms with van der Waals surface area (Å²) in [6, 6.07) is 13.0. The van der Waals surface area contributed by atoms with Gasteiger partial charge < -0.3 is 9.84 Å². The highest BCUT2D eigenvalue weighted by Crippen LogP contribution is 2.22. The van der Waals surface area contributed by atoms with Crippen LogP contribution in [0.1, 0.15) is 19.4 Å². The molecule has 0 unspecified atom stereocenters. The largest absolute Gasteiger partial charge is 0.457 e. The SMILES string of the molecule is CC(C)(O)C#Cc1ccc(Oc2cccc(F)c2)cc1. The lowest BCUT2D eigenvalue weighted by atomic mass is 10.1. The molecule has 2 rings (SSSR count). The van der Waals surface area contributed by atoms with Crippen molar-refractivity contribution in [3.05, 3.63) is 59.9 Å². The van der Waals surface area contributed by atoms with Gasteiger partial charge in [0.05, 0.1) is 0 Å². The highest BCUT2D eigenvalue weighted by Gasteiger charge is 2.05. The summed E-state index contributed by atoms with van der Waals surface area (Å²) in [4.78, 5) is 0. The van der Waals surface area contributed by atoms with E-state index in [4.69, 9.17) is 4.74 Å². The van der Waals surface area contributed by atoms with Crippen LogP contribution in [-0.4, -0.2) is 10.7 Å². The molecule has 1 N–H and O–H groups in total. The number of aliphatic hydroxyl groups is 1. The standard InChI is InChI=1S/C17H15FO2/c1-17(2,19)11-10-13-6-8-15(9-7-13)20-16-5-3-4-14(18)12-16/h3-9,12,19H,1-2H3. The fraction of sp³-hybridized carbons (Fsp3) is 0.176. The van der Waals surface area contributed by atoms with Gasteiger partial charge in [0.15, 0.2) is 0 Å². The minimum Gasteiger partial charge on any atom is -0.457 e. The van der Waals surface area contributed by atoms with E-state index >= 15 is 0 Å². The summed E-state index contributed by atoms with van der Waals surface area (Å²) in [5.74, 6) is 6.31. The molecule has 0 amide bonds. The summed E-state index contributed by atoms with van der Waals surface area (Å²) in [5.41, 5.74) is -0.241. The van der Waals surface area contributed by atoms with Crippen molar-refractivity contribution in [2.45, 2.75) is 19.4 Å². The van der Waals surface area contributed by atoms with Crippen LogP contribution >= 0.6 is 0 Å². The molecule has 2 aromatic carbocycles. The maximum Gasteiger partial charge on any atom is 0.130 e. The molecule has 2 aromatic rings. The Kier molecular flexibility index (Phi) is 4.07. The Morgan fingerprint density at radius 2 is 1.75 bits per heavy atom. The molecule has 0 spiro atoms. The van der Waals surface area contributed by atoms with Crippen molar-refractivity contribution >= 4 is 0 Å². The van der Waals surface area contributed by atoms with Gasteiger partial charge in [-0.3, -0.25) is 0 Å². The third kappa shape index (κ3) is 4.42. The van der Waals surface area contributed by atoms with Crippen LogP contribution in [0.4, 0.5) is 4.39 Å². The van der Waals surface area contributed by atoms with Gasteiger partial charge in [-0.05, 0) is 50.2 Å². The zero-order valence-corrected chi connectivity index (χ0v) is 11.4. The monoisotopic (exact) mass is 270 g/mol. The van der Waals surface area contributed by atoms with Gasteiger partial charge in [0.1, 0.15) is 22.9 Å². The fourth-order valence-corrected chi connectivity index (χ4v) is 1.50. The molecule has 0 aliphatic heterocycles. The first-order valence-corrected chi connectivity index (χ1v) is 6.21. The summed E-state index contributed by atoms with van der Waals surface area (Å²) in [6.07, 6.45) is 0. The van der Waals surface area contributed by atoms with Crippen molar-refractivity contribution in [3.8, 4) is 23.3 Å². The van der Waals surface area contributed by atoms with Gasteiger partial charge in [0.2, 0.25) is 0 Å². The molecule has 0 aliphatic rings. The number of hydrogen-bond donors (Lipinski definition) is 1. The smallest absolute Gasteiger partial charge is 0.130 e. The van der Waals surface area contributed by atoms with E-state index in [0.717, 1.165) is 5.56 Å². The Bertz CT molecular complexity index is 643. The van der Waals surface area contributed by atoms with Crippen molar-refractivity contribution < 1.29 is 14.2 Å². The average molecular weight is 270 g/mol. The van der Waals surface area contributed by atoms with E-state index in [2.05, 4.69) is 11.8 Å². The lowest BCUT2D eigenvalue weighted by Gasteiger charge is -2.07. The van der Waals surface area contributed by atoms with E-state index in [1.165, 1.54) is 12.1 Å². The molecule has 0 heterocycles. The number of rotatable bonds is 2. The van der Waals surface area contributed by atoms with Crippen LogP contribution in [-0.2, 0) is 0 Å². The maximum absolute atomic E-state index is 13.0. The lowest BCUT2D eigenvalue weighted by Crippen LogP contribution is -2.14. The molecule has 0 saturated carbocycles. The van der Waals surface area contributed by atoms with E-state index in [0.29, 0.717) is 11.5 Å². The predicted molar refractivity (Wildman–Crippen MR) is 76.1 cm³/mol. The Hall–Kier alpha value is -2.31. The molecule has 0 saturated heterocycles. The van der Waals surface area contributed by atoms with Crippen LogP contribution < -0.4 is 4.74 Å². The van der Waals surface area contributed by atoms with Gasteiger partial charge in [-0.15, -0.1) is 0 Å². The third-order valence-electron chi connectivity index (χ3n) is 2.40. The second-order valence-electron chi connectivity index (χ2n) is 4.89. The first-order valence-electron chi connectivity index (χ1n) is 6.21. The van der Waals surface area contributed by atoms with Gasteiger partial charge >= 0.3 is 0 Å². The molecule has 0 fully saturated rings. The Morgan fingerprint density at radius 3 is 2.35 bits per heavy atom. The molecule has 20 heavy (non-hydrogen) atoms. The first kappa shape index (κ1) is 14.1. The van der Waals surface area contributed by atoms with Crippen LogP contribution in [0.2, 0.25) is 0 Å². The highest BCUT2D eigenvalue weighted by atomic mass is 19.1. The minimum absolute atomic E-state index is 0.338. The molecule has 0 atom stereocenters. The normalized spacial score (nSPS) is 10.6. The number of hydrogen-bond acceptors (Lipinski definition) is 2. The van der Waals surface area contributed by atoms with E-state index < -0.39 is 5.60 Å². The second-order valence-corrected chi connectivity index (χ2v) is 4.89. The molecular weight excluding hydrogens is 255 g/mol. The molecule has 102 valence electrons. The van der Waals surface area contributed by atoms with Crippen molar-refractivity contribution in [3.63, 3.8) is 0 Å². The summed E-state index contributed by atoms with van der Waals surface area (Å²) in [7, 11) is 0. The summed E-state index contributed by atoms with van der Waals surface area (Å²) >= 11 is 0. The van der Waals surface area contributed by atoms with Gasteiger partial charge in [0, 0.05) is 11.6 Å². The quantitative estimate of drug-likeness (QED) is 0.842. The fourth-order valence-electron chi connectivity index (χ4n) is 1.50. The van der Waals surface area contributed by atoms with Crippen LogP contribution in [0.3, 0.4) is 0 Å². The zero-order chi connectivity index (χ0) is 14.6. The number of ether oxygens (including phenoxy) is 1. The molecule has 0 radical (unpaired) electrons. The van der Waals surface area contributed by atoms with Crippen molar-refractivity contribution in [2.75, 3.05) is 0 Å². The molecule has 0 bridgehead atoms. The van der Waals surface area contributed by atoms with Gasteiger partial charge in [-0.2, -0.15) is 0 Å². The van der Waals surface area contributed by atoms with Crippen LogP contribution in [0.25, 0.3) is 0 Å². The van der Waals surface area contributed by atoms with Crippen molar-refractivity contribution in [2.24, 2.45) is 0 Å². The Labute approximate surface area is 117 Å². The number of benzene rings is 2. The van der Waals surface area contributed by atoms with Crippen LogP contribution in [0, 0.1) is 17.7 Å². The minimum atomic E-state index is -1.02. The predicted octanol–water partition coefficient (Wildman–Crippen LogP) is 3.74. The Morgan fingerprint density at radius 1 is 1.05 bits per heavy atom. The summed E-state index contributed by atoms with van der Waals surface area (Å²) < 4.78 is 18.5. The zero-order valence-electron chi connectivity index (χ0n) is 11.4. The van der Waals surface area contributed by atoms with Crippen LogP contribution in [0.15, 0.2) is 48.5 Å².